The lowest BCUT2D eigenvalue weighted by atomic mass is 9.94. The summed E-state index contributed by atoms with van der Waals surface area (Å²) in [6.45, 7) is 8.37. The number of rotatable bonds is 2. The molecule has 1 nitrogen and oxygen atoms in total. The van der Waals surface area contributed by atoms with Crippen molar-refractivity contribution in [2.24, 2.45) is 5.73 Å². The Balaban J connectivity index is 2.90. The summed E-state index contributed by atoms with van der Waals surface area (Å²) in [5.74, 6) is 0. The van der Waals surface area contributed by atoms with Crippen LogP contribution in [0, 0.1) is 13.8 Å². The molecule has 0 heterocycles. The minimum atomic E-state index is -0.111. The molecule has 0 amide bonds. The van der Waals surface area contributed by atoms with Gasteiger partial charge in [0.25, 0.3) is 0 Å². The van der Waals surface area contributed by atoms with E-state index in [9.17, 15) is 0 Å². The van der Waals surface area contributed by atoms with Crippen LogP contribution in [0.15, 0.2) is 18.2 Å². The van der Waals surface area contributed by atoms with Crippen molar-refractivity contribution in [1.29, 1.82) is 0 Å². The van der Waals surface area contributed by atoms with Crippen LogP contribution in [0.25, 0.3) is 0 Å². The third-order valence-corrected chi connectivity index (χ3v) is 1.94. The standard InChI is InChI=1S/C12H19N/c1-9-5-10(2)7-11(6-9)8-12(3,4)13/h5-7H,8,13H2,1-4H3. The molecule has 0 fully saturated rings. The normalized spacial score (nSPS) is 11.8. The second kappa shape index (κ2) is 3.51. The van der Waals surface area contributed by atoms with Gasteiger partial charge in [-0.3, -0.25) is 0 Å². The Labute approximate surface area is 81.0 Å². The molecule has 0 aromatic heterocycles. The molecule has 0 spiro atoms. The molecule has 1 rings (SSSR count). The summed E-state index contributed by atoms with van der Waals surface area (Å²) in [5, 5.41) is 0. The maximum absolute atomic E-state index is 5.97. The maximum Gasteiger partial charge on any atom is 0.0138 e. The van der Waals surface area contributed by atoms with E-state index in [0.29, 0.717) is 0 Å². The van der Waals surface area contributed by atoms with Crippen LogP contribution in [-0.4, -0.2) is 5.54 Å². The van der Waals surface area contributed by atoms with E-state index >= 15 is 0 Å². The average molecular weight is 177 g/mol. The average Bonchev–Trinajstić information content (AvgIpc) is 1.78. The van der Waals surface area contributed by atoms with Crippen molar-refractivity contribution in [2.45, 2.75) is 39.7 Å². The van der Waals surface area contributed by atoms with Gasteiger partial charge >= 0.3 is 0 Å². The SMILES string of the molecule is Cc1cc(C)cc(CC(C)(C)N)c1. The van der Waals surface area contributed by atoms with E-state index < -0.39 is 0 Å². The smallest absolute Gasteiger partial charge is 0.0138 e. The van der Waals surface area contributed by atoms with E-state index in [4.69, 9.17) is 5.73 Å². The molecule has 0 saturated heterocycles. The highest BCUT2D eigenvalue weighted by Gasteiger charge is 2.11. The van der Waals surface area contributed by atoms with Gasteiger partial charge in [-0.2, -0.15) is 0 Å². The van der Waals surface area contributed by atoms with Crippen molar-refractivity contribution in [3.05, 3.63) is 34.9 Å². The van der Waals surface area contributed by atoms with E-state index in [-0.39, 0.29) is 5.54 Å². The van der Waals surface area contributed by atoms with Gasteiger partial charge in [-0.1, -0.05) is 29.3 Å². The molecule has 72 valence electrons. The van der Waals surface area contributed by atoms with Gasteiger partial charge in [-0.25, -0.2) is 0 Å². The van der Waals surface area contributed by atoms with Gasteiger partial charge < -0.3 is 5.73 Å². The third-order valence-electron chi connectivity index (χ3n) is 1.94. The monoisotopic (exact) mass is 177 g/mol. The van der Waals surface area contributed by atoms with Crippen LogP contribution >= 0.6 is 0 Å². The number of hydrogen-bond acceptors (Lipinski definition) is 1. The van der Waals surface area contributed by atoms with Crippen LogP contribution in [0.4, 0.5) is 0 Å². The molecule has 0 saturated carbocycles. The van der Waals surface area contributed by atoms with Gasteiger partial charge in [0.2, 0.25) is 0 Å². The summed E-state index contributed by atoms with van der Waals surface area (Å²) in [6.07, 6.45) is 0.940. The minimum Gasteiger partial charge on any atom is -0.325 e. The Hall–Kier alpha value is -0.820. The number of benzene rings is 1. The molecule has 0 unspecified atom stereocenters. The Morgan fingerprint density at radius 2 is 1.54 bits per heavy atom. The van der Waals surface area contributed by atoms with Crippen molar-refractivity contribution in [3.63, 3.8) is 0 Å². The molecule has 1 heteroatoms. The molecule has 0 atom stereocenters. The topological polar surface area (TPSA) is 26.0 Å². The summed E-state index contributed by atoms with van der Waals surface area (Å²) in [6, 6.07) is 6.61. The molecule has 0 bridgehead atoms. The van der Waals surface area contributed by atoms with E-state index in [1.807, 2.05) is 0 Å². The summed E-state index contributed by atoms with van der Waals surface area (Å²) in [4.78, 5) is 0. The summed E-state index contributed by atoms with van der Waals surface area (Å²) >= 11 is 0. The van der Waals surface area contributed by atoms with Crippen LogP contribution in [0.3, 0.4) is 0 Å². The Morgan fingerprint density at radius 3 is 1.92 bits per heavy atom. The zero-order valence-corrected chi connectivity index (χ0v) is 9.02. The third kappa shape index (κ3) is 3.60. The summed E-state index contributed by atoms with van der Waals surface area (Å²) in [5.41, 5.74) is 9.83. The van der Waals surface area contributed by atoms with Gasteiger partial charge in [0.1, 0.15) is 0 Å². The quantitative estimate of drug-likeness (QED) is 0.738. The molecular weight excluding hydrogens is 158 g/mol. The first-order valence-corrected chi connectivity index (χ1v) is 4.73. The molecule has 13 heavy (non-hydrogen) atoms. The second-order valence-electron chi connectivity index (χ2n) is 4.66. The predicted molar refractivity (Wildman–Crippen MR) is 57.9 cm³/mol. The summed E-state index contributed by atoms with van der Waals surface area (Å²) in [7, 11) is 0. The van der Waals surface area contributed by atoms with E-state index in [1.54, 1.807) is 0 Å². The first-order chi connectivity index (χ1) is 5.87. The molecule has 0 radical (unpaired) electrons. The van der Waals surface area contributed by atoms with Gasteiger partial charge in [0.15, 0.2) is 0 Å². The fourth-order valence-electron chi connectivity index (χ4n) is 1.70. The van der Waals surface area contributed by atoms with Crippen LogP contribution < -0.4 is 5.73 Å². The zero-order valence-electron chi connectivity index (χ0n) is 9.02. The molecule has 1 aromatic carbocycles. The fraction of sp³-hybridized carbons (Fsp3) is 0.500. The van der Waals surface area contributed by atoms with Gasteiger partial charge in [-0.05, 0) is 39.7 Å². The lowest BCUT2D eigenvalue weighted by Crippen LogP contribution is -2.34. The van der Waals surface area contributed by atoms with Crippen molar-refractivity contribution in [1.82, 2.24) is 0 Å². The molecule has 0 aliphatic heterocycles. The van der Waals surface area contributed by atoms with E-state index in [2.05, 4.69) is 45.9 Å². The zero-order chi connectivity index (χ0) is 10.1. The van der Waals surface area contributed by atoms with Crippen molar-refractivity contribution in [2.75, 3.05) is 0 Å². The van der Waals surface area contributed by atoms with Gasteiger partial charge in [-0.15, -0.1) is 0 Å². The Kier molecular flexibility index (Phi) is 2.77. The van der Waals surface area contributed by atoms with Crippen LogP contribution in [0.5, 0.6) is 0 Å². The molecule has 0 aliphatic carbocycles. The highest BCUT2D eigenvalue weighted by atomic mass is 14.7. The van der Waals surface area contributed by atoms with Gasteiger partial charge in [0.05, 0.1) is 0 Å². The predicted octanol–water partition coefficient (Wildman–Crippen LogP) is 2.58. The highest BCUT2D eigenvalue weighted by Crippen LogP contribution is 2.14. The first kappa shape index (κ1) is 10.3. The molecule has 1 aromatic rings. The molecule has 2 N–H and O–H groups in total. The van der Waals surface area contributed by atoms with E-state index in [0.717, 1.165) is 6.42 Å². The highest BCUT2D eigenvalue weighted by molar-refractivity contribution is 5.29. The van der Waals surface area contributed by atoms with Gasteiger partial charge in [0, 0.05) is 5.54 Å². The number of aryl methyl sites for hydroxylation is 2. The Bertz CT molecular complexity index is 274. The minimum absolute atomic E-state index is 0.111. The van der Waals surface area contributed by atoms with E-state index in [1.165, 1.54) is 16.7 Å². The van der Waals surface area contributed by atoms with Crippen molar-refractivity contribution in [3.8, 4) is 0 Å². The van der Waals surface area contributed by atoms with Crippen LogP contribution in [-0.2, 0) is 6.42 Å². The lowest BCUT2D eigenvalue weighted by Gasteiger charge is -2.18. The summed E-state index contributed by atoms with van der Waals surface area (Å²) < 4.78 is 0. The second-order valence-corrected chi connectivity index (χ2v) is 4.66. The van der Waals surface area contributed by atoms with Crippen molar-refractivity contribution >= 4 is 0 Å². The Morgan fingerprint density at radius 1 is 1.08 bits per heavy atom. The lowest BCUT2D eigenvalue weighted by molar-refractivity contribution is 0.516. The number of nitrogens with two attached hydrogens (primary N) is 1. The number of hydrogen-bond donors (Lipinski definition) is 1. The van der Waals surface area contributed by atoms with Crippen molar-refractivity contribution < 1.29 is 0 Å². The molecule has 0 aliphatic rings. The first-order valence-electron chi connectivity index (χ1n) is 4.73. The molecular formula is C12H19N. The maximum atomic E-state index is 5.97. The fourth-order valence-corrected chi connectivity index (χ4v) is 1.70. The van der Waals surface area contributed by atoms with Crippen LogP contribution in [0.2, 0.25) is 0 Å². The largest absolute Gasteiger partial charge is 0.325 e. The van der Waals surface area contributed by atoms with Crippen LogP contribution in [0.1, 0.15) is 30.5 Å².